The highest BCUT2D eigenvalue weighted by molar-refractivity contribution is 6.45. The molecule has 8 heteroatoms. The number of rotatable bonds is 4. The van der Waals surface area contributed by atoms with Gasteiger partial charge in [0, 0.05) is 49.0 Å². The summed E-state index contributed by atoms with van der Waals surface area (Å²) in [5.41, 5.74) is 1.47. The van der Waals surface area contributed by atoms with E-state index >= 15 is 0 Å². The second-order valence-corrected chi connectivity index (χ2v) is 7.24. The van der Waals surface area contributed by atoms with Crippen molar-refractivity contribution in [2.75, 3.05) is 26.7 Å². The number of H-pyrrole nitrogens is 1. The number of aromatic amines is 1. The molecule has 8 nitrogen and oxygen atoms in total. The third-order valence-electron chi connectivity index (χ3n) is 5.40. The van der Waals surface area contributed by atoms with E-state index < -0.39 is 11.7 Å². The summed E-state index contributed by atoms with van der Waals surface area (Å²) in [7, 11) is 1.49. The van der Waals surface area contributed by atoms with Crippen LogP contribution in [0.25, 0.3) is 10.9 Å². The summed E-state index contributed by atoms with van der Waals surface area (Å²) in [4.78, 5) is 48.9. The molecule has 0 spiro atoms. The topological polar surface area (TPSA) is 95.6 Å². The number of aromatic nitrogens is 2. The van der Waals surface area contributed by atoms with Crippen LogP contribution in [-0.4, -0.2) is 70.2 Å². The van der Waals surface area contributed by atoms with Gasteiger partial charge in [-0.2, -0.15) is 0 Å². The molecule has 2 amide bonds. The number of piperazine rings is 1. The lowest BCUT2D eigenvalue weighted by molar-refractivity contribution is -0.130. The molecule has 1 fully saturated rings. The second-order valence-electron chi connectivity index (χ2n) is 7.24. The Hall–Kier alpha value is -3.68. The number of Topliss-reactive ketones (excluding diaryl/α,β-unsaturated/α-hetero) is 1. The number of carbonyl (C=O) groups excluding carboxylic acids is 3. The fourth-order valence-corrected chi connectivity index (χ4v) is 3.82. The van der Waals surface area contributed by atoms with Crippen LogP contribution in [0.4, 0.5) is 0 Å². The Morgan fingerprint density at radius 2 is 1.90 bits per heavy atom. The van der Waals surface area contributed by atoms with Crippen LogP contribution in [-0.2, 0) is 4.79 Å². The Balaban J connectivity index is 1.49. The van der Waals surface area contributed by atoms with Gasteiger partial charge >= 0.3 is 0 Å². The molecule has 154 valence electrons. The van der Waals surface area contributed by atoms with Crippen molar-refractivity contribution in [1.82, 2.24) is 19.8 Å². The molecule has 30 heavy (non-hydrogen) atoms. The lowest BCUT2D eigenvalue weighted by Gasteiger charge is -2.39. The predicted octanol–water partition coefficient (Wildman–Crippen LogP) is 2.13. The van der Waals surface area contributed by atoms with Crippen molar-refractivity contribution in [2.24, 2.45) is 0 Å². The molecule has 0 bridgehead atoms. The van der Waals surface area contributed by atoms with Crippen LogP contribution in [0.3, 0.4) is 0 Å². The van der Waals surface area contributed by atoms with Gasteiger partial charge in [0.1, 0.15) is 5.52 Å². The van der Waals surface area contributed by atoms with Crippen LogP contribution in [0.5, 0.6) is 5.88 Å². The molecule has 1 aromatic carbocycles. The number of carbonyl (C=O) groups is 3. The molecule has 1 atom stereocenters. The maximum Gasteiger partial charge on any atom is 0.295 e. The highest BCUT2D eigenvalue weighted by Gasteiger charge is 2.34. The minimum atomic E-state index is -0.593. The quantitative estimate of drug-likeness (QED) is 0.529. The number of hydrogen-bond acceptors (Lipinski definition) is 5. The second kappa shape index (κ2) is 7.98. The third-order valence-corrected chi connectivity index (χ3v) is 5.40. The first-order valence-corrected chi connectivity index (χ1v) is 9.71. The first kappa shape index (κ1) is 19.6. The molecular formula is C22H22N4O4. The molecule has 0 unspecified atom stereocenters. The summed E-state index contributed by atoms with van der Waals surface area (Å²) >= 11 is 0. The molecule has 3 heterocycles. The van der Waals surface area contributed by atoms with Gasteiger partial charge in [0.2, 0.25) is 5.88 Å². The lowest BCUT2D eigenvalue weighted by atomic mass is 10.1. The Bertz CT molecular complexity index is 1110. The van der Waals surface area contributed by atoms with Gasteiger partial charge in [0.05, 0.1) is 12.7 Å². The molecular weight excluding hydrogens is 384 g/mol. The normalized spacial score (nSPS) is 16.5. The average molecular weight is 406 g/mol. The standard InChI is InChI=1S/C22H22N4O4/c1-14-13-25(21(28)15-6-4-3-5-7-15)10-11-26(14)22(29)19(27)17-12-24-18-16(17)8-9-23-20(18)30-2/h3-9,12,14,24H,10-11,13H2,1-2H3/t14-/m1/s1. The maximum atomic E-state index is 13.0. The van der Waals surface area contributed by atoms with E-state index in [1.807, 2.05) is 25.1 Å². The molecule has 0 radical (unpaired) electrons. The van der Waals surface area contributed by atoms with Gasteiger partial charge in [-0.25, -0.2) is 4.98 Å². The van der Waals surface area contributed by atoms with Crippen molar-refractivity contribution in [3.05, 3.63) is 59.9 Å². The zero-order valence-corrected chi connectivity index (χ0v) is 16.8. The molecule has 0 saturated carbocycles. The number of ether oxygens (including phenoxy) is 1. The van der Waals surface area contributed by atoms with Crippen molar-refractivity contribution in [3.8, 4) is 5.88 Å². The van der Waals surface area contributed by atoms with Crippen LogP contribution in [0.2, 0.25) is 0 Å². The van der Waals surface area contributed by atoms with E-state index in [9.17, 15) is 14.4 Å². The van der Waals surface area contributed by atoms with Crippen LogP contribution in [0.15, 0.2) is 48.8 Å². The number of nitrogens with one attached hydrogen (secondary N) is 1. The number of methoxy groups -OCH3 is 1. The van der Waals surface area contributed by atoms with Crippen LogP contribution < -0.4 is 4.74 Å². The summed E-state index contributed by atoms with van der Waals surface area (Å²) in [5, 5.41) is 0.589. The molecule has 4 rings (SSSR count). The van der Waals surface area contributed by atoms with Crippen molar-refractivity contribution < 1.29 is 19.1 Å². The van der Waals surface area contributed by atoms with Gasteiger partial charge in [-0.15, -0.1) is 0 Å². The van der Waals surface area contributed by atoms with Crippen LogP contribution in [0.1, 0.15) is 27.6 Å². The van der Waals surface area contributed by atoms with Gasteiger partial charge in [0.25, 0.3) is 17.6 Å². The highest BCUT2D eigenvalue weighted by Crippen LogP contribution is 2.26. The van der Waals surface area contributed by atoms with Gasteiger partial charge in [0.15, 0.2) is 0 Å². The molecule has 1 N–H and O–H groups in total. The number of hydrogen-bond donors (Lipinski definition) is 1. The minimum absolute atomic E-state index is 0.0721. The summed E-state index contributed by atoms with van der Waals surface area (Å²) in [6.07, 6.45) is 3.04. The van der Waals surface area contributed by atoms with Gasteiger partial charge in [-0.1, -0.05) is 18.2 Å². The van der Waals surface area contributed by atoms with E-state index in [0.29, 0.717) is 42.0 Å². The van der Waals surface area contributed by atoms with Crippen molar-refractivity contribution in [3.63, 3.8) is 0 Å². The Kier molecular flexibility index (Phi) is 5.22. The third kappa shape index (κ3) is 3.41. The SMILES string of the molecule is COc1nccc2c(C(=O)C(=O)N3CCN(C(=O)c4ccccc4)C[C@H]3C)c[nH]c12. The number of nitrogens with zero attached hydrogens (tertiary/aromatic N) is 3. The summed E-state index contributed by atoms with van der Waals surface area (Å²) in [6, 6.07) is 10.4. The number of pyridine rings is 1. The number of amides is 2. The van der Waals surface area contributed by atoms with E-state index in [-0.39, 0.29) is 17.5 Å². The van der Waals surface area contributed by atoms with Crippen LogP contribution in [0, 0.1) is 0 Å². The Morgan fingerprint density at radius 3 is 2.60 bits per heavy atom. The number of benzene rings is 1. The zero-order valence-electron chi connectivity index (χ0n) is 16.8. The Morgan fingerprint density at radius 1 is 1.13 bits per heavy atom. The van der Waals surface area contributed by atoms with Crippen molar-refractivity contribution in [1.29, 1.82) is 0 Å². The monoisotopic (exact) mass is 406 g/mol. The molecule has 1 aliphatic rings. The minimum Gasteiger partial charge on any atom is -0.479 e. The molecule has 3 aromatic rings. The summed E-state index contributed by atoms with van der Waals surface area (Å²) in [5.74, 6) is -0.882. The number of fused-ring (bicyclic) bond motifs is 1. The van der Waals surface area contributed by atoms with Gasteiger partial charge in [-0.3, -0.25) is 14.4 Å². The lowest BCUT2D eigenvalue weighted by Crippen LogP contribution is -2.56. The fraction of sp³-hybridized carbons (Fsp3) is 0.273. The fourth-order valence-electron chi connectivity index (χ4n) is 3.82. The van der Waals surface area contributed by atoms with Gasteiger partial charge in [-0.05, 0) is 25.1 Å². The smallest absolute Gasteiger partial charge is 0.295 e. The average Bonchev–Trinajstić information content (AvgIpc) is 3.22. The molecule has 2 aromatic heterocycles. The van der Waals surface area contributed by atoms with E-state index in [0.717, 1.165) is 0 Å². The highest BCUT2D eigenvalue weighted by atomic mass is 16.5. The molecule has 0 aliphatic carbocycles. The molecule has 1 saturated heterocycles. The Labute approximate surface area is 173 Å². The summed E-state index contributed by atoms with van der Waals surface area (Å²) in [6.45, 7) is 2.90. The van der Waals surface area contributed by atoms with Crippen LogP contribution >= 0.6 is 0 Å². The van der Waals surface area contributed by atoms with E-state index in [1.165, 1.54) is 24.4 Å². The van der Waals surface area contributed by atoms with Crippen molar-refractivity contribution >= 4 is 28.5 Å². The molecule has 1 aliphatic heterocycles. The van der Waals surface area contributed by atoms with Crippen molar-refractivity contribution in [2.45, 2.75) is 13.0 Å². The largest absolute Gasteiger partial charge is 0.479 e. The first-order valence-electron chi connectivity index (χ1n) is 9.71. The summed E-state index contributed by atoms with van der Waals surface area (Å²) < 4.78 is 5.20. The van der Waals surface area contributed by atoms with E-state index in [1.54, 1.807) is 23.1 Å². The first-order chi connectivity index (χ1) is 14.5. The van der Waals surface area contributed by atoms with Gasteiger partial charge < -0.3 is 19.5 Å². The zero-order chi connectivity index (χ0) is 21.3. The predicted molar refractivity (Wildman–Crippen MR) is 110 cm³/mol. The maximum absolute atomic E-state index is 13.0. The number of ketones is 1. The van der Waals surface area contributed by atoms with E-state index in [2.05, 4.69) is 9.97 Å². The van der Waals surface area contributed by atoms with E-state index in [4.69, 9.17) is 4.74 Å².